The van der Waals surface area contributed by atoms with Gasteiger partial charge >= 0.3 is 0 Å². The third-order valence-electron chi connectivity index (χ3n) is 2.84. The van der Waals surface area contributed by atoms with Crippen molar-refractivity contribution in [3.05, 3.63) is 28.8 Å². The highest BCUT2D eigenvalue weighted by atomic mass is 16.5. The largest absolute Gasteiger partial charge is 0.507 e. The molecule has 0 unspecified atom stereocenters. The van der Waals surface area contributed by atoms with Gasteiger partial charge in [0.05, 0.1) is 5.56 Å². The molecule has 0 amide bonds. The van der Waals surface area contributed by atoms with Crippen LogP contribution in [0.25, 0.3) is 6.08 Å². The minimum Gasteiger partial charge on any atom is -0.507 e. The van der Waals surface area contributed by atoms with Crippen LogP contribution in [-0.4, -0.2) is 10.7 Å². The fraction of sp³-hybridized carbons (Fsp3) is 0.385. The maximum atomic E-state index is 9.96. The van der Waals surface area contributed by atoms with E-state index in [1.54, 1.807) is 0 Å². The summed E-state index contributed by atoms with van der Waals surface area (Å²) in [5.74, 6) is 1.10. The lowest BCUT2D eigenvalue weighted by atomic mass is 9.97. The predicted molar refractivity (Wildman–Crippen MR) is 61.3 cm³/mol. The van der Waals surface area contributed by atoms with Crippen molar-refractivity contribution >= 4 is 6.08 Å². The summed E-state index contributed by atoms with van der Waals surface area (Å²) in [6.07, 6.45) is 3.89. The van der Waals surface area contributed by atoms with Gasteiger partial charge in [0, 0.05) is 0 Å². The Kier molecular flexibility index (Phi) is 2.03. The third kappa shape index (κ3) is 1.60. The SMILES string of the molecule is Cc1cc2c(c(O)c1C)C=CC(C)(C)O2. The molecule has 2 rings (SSSR count). The Morgan fingerprint density at radius 3 is 2.60 bits per heavy atom. The molecule has 2 nitrogen and oxygen atoms in total. The summed E-state index contributed by atoms with van der Waals surface area (Å²) in [5, 5.41) is 9.96. The van der Waals surface area contributed by atoms with Gasteiger partial charge in [-0.1, -0.05) is 0 Å². The summed E-state index contributed by atoms with van der Waals surface area (Å²) in [4.78, 5) is 0. The van der Waals surface area contributed by atoms with Crippen LogP contribution in [0.15, 0.2) is 12.1 Å². The third-order valence-corrected chi connectivity index (χ3v) is 2.84. The van der Waals surface area contributed by atoms with E-state index in [0.717, 1.165) is 22.4 Å². The first-order chi connectivity index (χ1) is 6.91. The minimum absolute atomic E-state index is 0.291. The first-order valence-electron chi connectivity index (χ1n) is 5.12. The lowest BCUT2D eigenvalue weighted by molar-refractivity contribution is 0.158. The Hall–Kier alpha value is -1.44. The number of hydrogen-bond donors (Lipinski definition) is 1. The van der Waals surface area contributed by atoms with Gasteiger partial charge in [0.25, 0.3) is 0 Å². The van der Waals surface area contributed by atoms with Crippen LogP contribution in [0.2, 0.25) is 0 Å². The maximum Gasteiger partial charge on any atom is 0.131 e. The highest BCUT2D eigenvalue weighted by molar-refractivity contribution is 5.69. The van der Waals surface area contributed by atoms with Crippen LogP contribution in [0.5, 0.6) is 11.5 Å². The molecule has 80 valence electrons. The molecule has 1 aliphatic rings. The number of rotatable bonds is 0. The second kappa shape index (κ2) is 3.02. The summed E-state index contributed by atoms with van der Waals surface area (Å²) in [5.41, 5.74) is 2.47. The van der Waals surface area contributed by atoms with Gasteiger partial charge in [-0.15, -0.1) is 0 Å². The molecule has 0 bridgehead atoms. The van der Waals surface area contributed by atoms with E-state index in [9.17, 15) is 5.11 Å². The zero-order chi connectivity index (χ0) is 11.2. The number of aryl methyl sites for hydroxylation is 1. The molecule has 0 atom stereocenters. The minimum atomic E-state index is -0.291. The number of phenols is 1. The molecular weight excluding hydrogens is 188 g/mol. The average Bonchev–Trinajstić information content (AvgIpc) is 2.12. The zero-order valence-corrected chi connectivity index (χ0v) is 9.59. The van der Waals surface area contributed by atoms with Crippen molar-refractivity contribution < 1.29 is 9.84 Å². The molecule has 0 radical (unpaired) electrons. The van der Waals surface area contributed by atoms with Crippen molar-refractivity contribution in [1.82, 2.24) is 0 Å². The van der Waals surface area contributed by atoms with Gasteiger partial charge in [0.1, 0.15) is 17.1 Å². The van der Waals surface area contributed by atoms with E-state index >= 15 is 0 Å². The van der Waals surface area contributed by atoms with E-state index in [1.807, 2.05) is 45.9 Å². The van der Waals surface area contributed by atoms with E-state index in [1.165, 1.54) is 0 Å². The second-order valence-corrected chi connectivity index (χ2v) is 4.62. The van der Waals surface area contributed by atoms with Gasteiger partial charge in [-0.3, -0.25) is 0 Å². The molecule has 0 fully saturated rings. The molecular formula is C13H16O2. The van der Waals surface area contributed by atoms with Crippen LogP contribution in [-0.2, 0) is 0 Å². The molecule has 0 aromatic heterocycles. The monoisotopic (exact) mass is 204 g/mol. The Labute approximate surface area is 90.2 Å². The van der Waals surface area contributed by atoms with Crippen LogP contribution in [0.4, 0.5) is 0 Å². The van der Waals surface area contributed by atoms with Crippen molar-refractivity contribution in [2.45, 2.75) is 33.3 Å². The van der Waals surface area contributed by atoms with Crippen molar-refractivity contribution in [1.29, 1.82) is 0 Å². The van der Waals surface area contributed by atoms with Gasteiger partial charge in [-0.2, -0.15) is 0 Å². The van der Waals surface area contributed by atoms with E-state index in [2.05, 4.69) is 0 Å². The fourth-order valence-corrected chi connectivity index (χ4v) is 1.74. The van der Waals surface area contributed by atoms with Crippen molar-refractivity contribution in [2.75, 3.05) is 0 Å². The smallest absolute Gasteiger partial charge is 0.131 e. The van der Waals surface area contributed by atoms with Crippen LogP contribution < -0.4 is 4.74 Å². The molecule has 0 saturated carbocycles. The highest BCUT2D eigenvalue weighted by Gasteiger charge is 2.24. The molecule has 15 heavy (non-hydrogen) atoms. The summed E-state index contributed by atoms with van der Waals surface area (Å²) in [7, 11) is 0. The lowest BCUT2D eigenvalue weighted by Crippen LogP contribution is -2.27. The lowest BCUT2D eigenvalue weighted by Gasteiger charge is -2.29. The van der Waals surface area contributed by atoms with Crippen molar-refractivity contribution in [3.63, 3.8) is 0 Å². The van der Waals surface area contributed by atoms with Gasteiger partial charge in [-0.25, -0.2) is 0 Å². The number of aromatic hydroxyl groups is 1. The van der Waals surface area contributed by atoms with Gasteiger partial charge < -0.3 is 9.84 Å². The topological polar surface area (TPSA) is 29.5 Å². The quantitative estimate of drug-likeness (QED) is 0.703. The van der Waals surface area contributed by atoms with Crippen LogP contribution in [0.1, 0.15) is 30.5 Å². The van der Waals surface area contributed by atoms with E-state index in [0.29, 0.717) is 5.75 Å². The van der Waals surface area contributed by atoms with Crippen LogP contribution in [0.3, 0.4) is 0 Å². The molecule has 0 saturated heterocycles. The first-order valence-corrected chi connectivity index (χ1v) is 5.12. The highest BCUT2D eigenvalue weighted by Crippen LogP contribution is 2.39. The van der Waals surface area contributed by atoms with Crippen molar-refractivity contribution in [2.24, 2.45) is 0 Å². The zero-order valence-electron chi connectivity index (χ0n) is 9.59. The Bertz CT molecular complexity index is 442. The normalized spacial score (nSPS) is 17.1. The summed E-state index contributed by atoms with van der Waals surface area (Å²) in [6.45, 7) is 7.89. The number of benzene rings is 1. The number of fused-ring (bicyclic) bond motifs is 1. The van der Waals surface area contributed by atoms with Gasteiger partial charge in [-0.05, 0) is 57.0 Å². The Morgan fingerprint density at radius 1 is 1.27 bits per heavy atom. The average molecular weight is 204 g/mol. The van der Waals surface area contributed by atoms with Gasteiger partial charge in [0.15, 0.2) is 0 Å². The van der Waals surface area contributed by atoms with Crippen molar-refractivity contribution in [3.8, 4) is 11.5 Å². The fourth-order valence-electron chi connectivity index (χ4n) is 1.74. The molecule has 1 aliphatic heterocycles. The standard InChI is InChI=1S/C13H16O2/c1-8-7-11-10(12(14)9(8)2)5-6-13(3,4)15-11/h5-7,14H,1-4H3. The Balaban J connectivity index is 2.62. The predicted octanol–water partition coefficient (Wildman–Crippen LogP) is 3.19. The summed E-state index contributed by atoms with van der Waals surface area (Å²) >= 11 is 0. The summed E-state index contributed by atoms with van der Waals surface area (Å²) < 4.78 is 5.79. The first kappa shape index (κ1) is 10.1. The molecule has 1 N–H and O–H groups in total. The molecule has 1 aromatic rings. The van der Waals surface area contributed by atoms with E-state index in [4.69, 9.17) is 4.74 Å². The molecule has 1 aromatic carbocycles. The number of hydrogen-bond acceptors (Lipinski definition) is 2. The maximum absolute atomic E-state index is 9.96. The van der Waals surface area contributed by atoms with Crippen LogP contribution in [0, 0.1) is 13.8 Å². The molecule has 2 heteroatoms. The number of phenolic OH excluding ortho intramolecular Hbond substituents is 1. The Morgan fingerprint density at radius 2 is 1.93 bits per heavy atom. The van der Waals surface area contributed by atoms with E-state index in [-0.39, 0.29) is 5.60 Å². The van der Waals surface area contributed by atoms with E-state index < -0.39 is 0 Å². The molecule has 1 heterocycles. The molecule has 0 spiro atoms. The number of ether oxygens (including phenoxy) is 1. The second-order valence-electron chi connectivity index (χ2n) is 4.62. The van der Waals surface area contributed by atoms with Gasteiger partial charge in [0.2, 0.25) is 0 Å². The molecule has 0 aliphatic carbocycles. The summed E-state index contributed by atoms with van der Waals surface area (Å²) in [6, 6.07) is 1.98. The van der Waals surface area contributed by atoms with Crippen LogP contribution >= 0.6 is 0 Å².